The van der Waals surface area contributed by atoms with Crippen molar-refractivity contribution in [1.82, 2.24) is 15.1 Å². The smallest absolute Gasteiger partial charge is 0.258 e. The van der Waals surface area contributed by atoms with Gasteiger partial charge in [-0.25, -0.2) is 4.98 Å². The topological polar surface area (TPSA) is 88.7 Å². The summed E-state index contributed by atoms with van der Waals surface area (Å²) in [7, 11) is 4.66. The van der Waals surface area contributed by atoms with Gasteiger partial charge in [-0.2, -0.15) is 4.98 Å². The van der Waals surface area contributed by atoms with Crippen LogP contribution in [0, 0.1) is 6.92 Å². The second-order valence-electron chi connectivity index (χ2n) is 6.81. The number of methoxy groups -OCH3 is 3. The Morgan fingerprint density at radius 2 is 1.65 bits per heavy atom. The normalized spacial score (nSPS) is 10.9. The molecule has 0 amide bonds. The molecule has 0 aliphatic heterocycles. The van der Waals surface area contributed by atoms with Gasteiger partial charge in [-0.15, -0.1) is 0 Å². The monoisotopic (exact) mass is 421 g/mol. The van der Waals surface area contributed by atoms with Crippen LogP contribution in [0.25, 0.3) is 33.7 Å². The van der Waals surface area contributed by atoms with Gasteiger partial charge in [0.25, 0.3) is 5.89 Å². The van der Waals surface area contributed by atoms with Gasteiger partial charge in [0.2, 0.25) is 17.5 Å². The first kappa shape index (κ1) is 20.5. The molecule has 2 aromatic heterocycles. The summed E-state index contributed by atoms with van der Waals surface area (Å²) in [5.41, 5.74) is 3.26. The molecule has 0 aliphatic carbocycles. The first-order chi connectivity index (χ1) is 15.1. The molecule has 4 rings (SSSR count). The second kappa shape index (κ2) is 8.51. The molecule has 2 aromatic carbocycles. The molecular formula is C23H23N3O5. The third-order valence-electron chi connectivity index (χ3n) is 4.79. The second-order valence-corrected chi connectivity index (χ2v) is 6.81. The van der Waals surface area contributed by atoms with Crippen LogP contribution in [0.3, 0.4) is 0 Å². The molecule has 0 radical (unpaired) electrons. The van der Waals surface area contributed by atoms with Crippen molar-refractivity contribution in [1.29, 1.82) is 0 Å². The van der Waals surface area contributed by atoms with E-state index in [1.54, 1.807) is 33.5 Å². The minimum Gasteiger partial charge on any atom is -0.493 e. The molecule has 0 saturated heterocycles. The Kier molecular flexibility index (Phi) is 5.62. The fourth-order valence-corrected chi connectivity index (χ4v) is 3.34. The molecule has 31 heavy (non-hydrogen) atoms. The predicted octanol–water partition coefficient (Wildman–Crippen LogP) is 4.68. The zero-order valence-corrected chi connectivity index (χ0v) is 18.1. The van der Waals surface area contributed by atoms with Crippen molar-refractivity contribution in [2.24, 2.45) is 0 Å². The summed E-state index contributed by atoms with van der Waals surface area (Å²) in [5, 5.41) is 5.14. The van der Waals surface area contributed by atoms with Crippen molar-refractivity contribution in [2.75, 3.05) is 27.9 Å². The van der Waals surface area contributed by atoms with Crippen LogP contribution in [-0.4, -0.2) is 43.1 Å². The van der Waals surface area contributed by atoms with Gasteiger partial charge in [0.15, 0.2) is 11.5 Å². The zero-order valence-electron chi connectivity index (χ0n) is 18.1. The lowest BCUT2D eigenvalue weighted by Gasteiger charge is -2.12. The number of rotatable bonds is 7. The van der Waals surface area contributed by atoms with Crippen LogP contribution in [0.5, 0.6) is 23.1 Å². The zero-order chi connectivity index (χ0) is 22.0. The summed E-state index contributed by atoms with van der Waals surface area (Å²) >= 11 is 0. The Labute approximate surface area is 179 Å². The average molecular weight is 421 g/mol. The largest absolute Gasteiger partial charge is 0.493 e. The van der Waals surface area contributed by atoms with Crippen molar-refractivity contribution in [3.63, 3.8) is 0 Å². The third kappa shape index (κ3) is 3.84. The molecular weight excluding hydrogens is 398 g/mol. The molecule has 160 valence electrons. The number of pyridine rings is 1. The molecule has 0 spiro atoms. The van der Waals surface area contributed by atoms with Crippen molar-refractivity contribution in [3.8, 4) is 46.0 Å². The molecule has 0 atom stereocenters. The highest BCUT2D eigenvalue weighted by Gasteiger charge is 2.20. The van der Waals surface area contributed by atoms with Gasteiger partial charge >= 0.3 is 0 Å². The van der Waals surface area contributed by atoms with E-state index in [-0.39, 0.29) is 0 Å². The number of aromatic nitrogens is 3. The summed E-state index contributed by atoms with van der Waals surface area (Å²) in [4.78, 5) is 9.22. The maximum atomic E-state index is 5.76. The fraction of sp³-hybridized carbons (Fsp3) is 0.261. The summed E-state index contributed by atoms with van der Waals surface area (Å²) in [5.74, 6) is 2.62. The molecule has 8 nitrogen and oxygen atoms in total. The Balaban J connectivity index is 1.82. The van der Waals surface area contributed by atoms with Crippen molar-refractivity contribution in [3.05, 3.63) is 42.0 Å². The number of hydrogen-bond acceptors (Lipinski definition) is 8. The first-order valence-electron chi connectivity index (χ1n) is 9.76. The van der Waals surface area contributed by atoms with Gasteiger partial charge in [0.05, 0.1) is 39.0 Å². The summed E-state index contributed by atoms with van der Waals surface area (Å²) in [6.07, 6.45) is 0. The highest BCUT2D eigenvalue weighted by atomic mass is 16.5. The highest BCUT2D eigenvalue weighted by molar-refractivity contribution is 5.85. The van der Waals surface area contributed by atoms with E-state index in [9.17, 15) is 0 Å². The number of aryl methyl sites for hydroxylation is 1. The van der Waals surface area contributed by atoms with Gasteiger partial charge in [-0.05, 0) is 44.2 Å². The number of ether oxygens (including phenoxy) is 4. The molecule has 2 heterocycles. The molecule has 0 bridgehead atoms. The molecule has 0 aliphatic rings. The van der Waals surface area contributed by atoms with Crippen LogP contribution in [-0.2, 0) is 0 Å². The molecule has 4 aromatic rings. The van der Waals surface area contributed by atoms with E-state index in [1.165, 1.54) is 0 Å². The number of fused-ring (bicyclic) bond motifs is 1. The summed E-state index contributed by atoms with van der Waals surface area (Å²) < 4.78 is 27.5. The minimum absolute atomic E-state index is 0.307. The van der Waals surface area contributed by atoms with E-state index in [2.05, 4.69) is 21.2 Å². The van der Waals surface area contributed by atoms with Crippen LogP contribution in [0.4, 0.5) is 0 Å². The number of benzene rings is 2. The predicted molar refractivity (Wildman–Crippen MR) is 116 cm³/mol. The van der Waals surface area contributed by atoms with E-state index in [1.807, 2.05) is 32.0 Å². The average Bonchev–Trinajstić information content (AvgIpc) is 3.28. The number of nitrogens with zero attached hydrogens (tertiary/aromatic N) is 3. The van der Waals surface area contributed by atoms with Crippen LogP contribution in [0.2, 0.25) is 0 Å². The van der Waals surface area contributed by atoms with Crippen LogP contribution in [0.1, 0.15) is 12.5 Å². The quantitative estimate of drug-likeness (QED) is 0.425. The maximum absolute atomic E-state index is 5.76. The molecule has 0 saturated carbocycles. The molecule has 8 heteroatoms. The van der Waals surface area contributed by atoms with Gasteiger partial charge in [0.1, 0.15) is 0 Å². The van der Waals surface area contributed by atoms with Gasteiger partial charge in [-0.1, -0.05) is 16.8 Å². The molecule has 0 N–H and O–H groups in total. The Morgan fingerprint density at radius 3 is 2.29 bits per heavy atom. The van der Waals surface area contributed by atoms with E-state index in [4.69, 9.17) is 23.5 Å². The van der Waals surface area contributed by atoms with E-state index >= 15 is 0 Å². The van der Waals surface area contributed by atoms with Gasteiger partial charge in [-0.3, -0.25) is 0 Å². The lowest BCUT2D eigenvalue weighted by atomic mass is 10.1. The van der Waals surface area contributed by atoms with Crippen LogP contribution in [0.15, 0.2) is 40.9 Å². The lowest BCUT2D eigenvalue weighted by Crippen LogP contribution is -1.98. The number of hydrogen-bond donors (Lipinski definition) is 0. The molecule has 0 unspecified atom stereocenters. The van der Waals surface area contributed by atoms with E-state index in [0.29, 0.717) is 52.6 Å². The first-order valence-corrected chi connectivity index (χ1v) is 9.76. The van der Waals surface area contributed by atoms with Crippen molar-refractivity contribution in [2.45, 2.75) is 13.8 Å². The SMILES string of the molecule is CCOc1nc2ccc(C)cc2cc1-c1noc(-c2cc(OC)c(OC)c(OC)c2)n1. The van der Waals surface area contributed by atoms with E-state index in [0.717, 1.165) is 16.5 Å². The van der Waals surface area contributed by atoms with Crippen LogP contribution < -0.4 is 18.9 Å². The fourth-order valence-electron chi connectivity index (χ4n) is 3.34. The highest BCUT2D eigenvalue weighted by Crippen LogP contribution is 2.41. The Bertz CT molecular complexity index is 1210. The van der Waals surface area contributed by atoms with Gasteiger partial charge < -0.3 is 23.5 Å². The Hall–Kier alpha value is -3.81. The summed E-state index contributed by atoms with van der Waals surface area (Å²) in [6.45, 7) is 4.41. The van der Waals surface area contributed by atoms with Crippen molar-refractivity contribution >= 4 is 10.9 Å². The molecule has 0 fully saturated rings. The summed E-state index contributed by atoms with van der Waals surface area (Å²) in [6, 6.07) is 11.5. The van der Waals surface area contributed by atoms with Crippen molar-refractivity contribution < 1.29 is 23.5 Å². The third-order valence-corrected chi connectivity index (χ3v) is 4.79. The maximum Gasteiger partial charge on any atom is 0.258 e. The minimum atomic E-state index is 0.307. The van der Waals surface area contributed by atoms with Gasteiger partial charge in [0, 0.05) is 10.9 Å². The lowest BCUT2D eigenvalue weighted by molar-refractivity contribution is 0.324. The van der Waals surface area contributed by atoms with E-state index < -0.39 is 0 Å². The van der Waals surface area contributed by atoms with Crippen LogP contribution >= 0.6 is 0 Å². The Morgan fingerprint density at radius 1 is 0.903 bits per heavy atom. The standard InChI is InChI=1S/C23H23N3O5/c1-6-30-23-16(10-14-9-13(2)7-8-17(14)24-23)21-25-22(31-26-21)15-11-18(27-3)20(29-5)19(12-15)28-4/h7-12H,6H2,1-5H3.